The molecule has 32 heavy (non-hydrogen) atoms. The number of aromatic nitrogens is 2. The number of imidazole rings is 1. The van der Waals surface area contributed by atoms with Crippen LogP contribution in [0.3, 0.4) is 0 Å². The Labute approximate surface area is 189 Å². The van der Waals surface area contributed by atoms with E-state index in [1.54, 1.807) is 6.20 Å². The van der Waals surface area contributed by atoms with E-state index in [1.807, 2.05) is 54.7 Å². The molecule has 4 heteroatoms. The maximum Gasteiger partial charge on any atom is 0.150 e. The van der Waals surface area contributed by atoms with Crippen molar-refractivity contribution >= 4 is 12.6 Å². The molecule has 0 amide bonds. The highest BCUT2D eigenvalue weighted by atomic mass is 16.1. The van der Waals surface area contributed by atoms with Crippen molar-refractivity contribution in [2.24, 2.45) is 5.41 Å². The minimum Gasteiger partial charge on any atom is -0.349 e. The number of nitrogens with zero attached hydrogens (tertiary/aromatic N) is 1. The fourth-order valence-electron chi connectivity index (χ4n) is 4.82. The van der Waals surface area contributed by atoms with Crippen molar-refractivity contribution in [3.63, 3.8) is 0 Å². The number of hydrogen-bond donors (Lipinski definition) is 1. The molecule has 1 heterocycles. The number of allylic oxidation sites excluding steroid dienone is 4. The van der Waals surface area contributed by atoms with Crippen LogP contribution in [-0.4, -0.2) is 22.5 Å². The van der Waals surface area contributed by atoms with Crippen LogP contribution in [0, 0.1) is 5.41 Å². The number of hydrogen-bond acceptors (Lipinski definition) is 3. The summed E-state index contributed by atoms with van der Waals surface area (Å²) in [7, 11) is 0. The first-order valence-electron chi connectivity index (χ1n) is 11.0. The molecular formula is C28H28N2O2. The third-order valence-corrected chi connectivity index (χ3v) is 6.33. The molecule has 0 bridgehead atoms. The highest BCUT2D eigenvalue weighted by Crippen LogP contribution is 2.44. The summed E-state index contributed by atoms with van der Waals surface area (Å²) in [6.07, 6.45) is 11.2. The maximum atomic E-state index is 11.1. The second kappa shape index (κ2) is 9.31. The third kappa shape index (κ3) is 4.86. The lowest BCUT2D eigenvalue weighted by Gasteiger charge is -2.38. The summed E-state index contributed by atoms with van der Waals surface area (Å²) in [6, 6.07) is 15.7. The Balaban J connectivity index is 1.75. The molecule has 4 nitrogen and oxygen atoms in total. The molecular weight excluding hydrogens is 396 g/mol. The molecule has 162 valence electrons. The Hall–Kier alpha value is -3.53. The normalized spacial score (nSPS) is 18.4. The number of rotatable bonds is 8. The zero-order valence-corrected chi connectivity index (χ0v) is 18.6. The van der Waals surface area contributed by atoms with Crippen LogP contribution in [0.1, 0.15) is 57.9 Å². The SMILES string of the molecule is CC1=CC(Cc2ccc(C=O)cc2)=C(Cc2ccc(C=O)cc2)C(C)(Cc2ncc[nH]2)C1. The minimum absolute atomic E-state index is 0.0713. The van der Waals surface area contributed by atoms with Gasteiger partial charge in [-0.05, 0) is 42.9 Å². The Bertz CT molecular complexity index is 1150. The van der Waals surface area contributed by atoms with Gasteiger partial charge in [-0.15, -0.1) is 0 Å². The average molecular weight is 425 g/mol. The van der Waals surface area contributed by atoms with Crippen molar-refractivity contribution in [3.8, 4) is 0 Å². The molecule has 0 radical (unpaired) electrons. The summed E-state index contributed by atoms with van der Waals surface area (Å²) in [5.74, 6) is 0.991. The van der Waals surface area contributed by atoms with Gasteiger partial charge in [0.1, 0.15) is 18.4 Å². The summed E-state index contributed by atoms with van der Waals surface area (Å²) in [5, 5.41) is 0. The largest absolute Gasteiger partial charge is 0.349 e. The van der Waals surface area contributed by atoms with Crippen molar-refractivity contribution in [2.45, 2.75) is 39.5 Å². The van der Waals surface area contributed by atoms with Crippen LogP contribution in [0.2, 0.25) is 0 Å². The first kappa shape index (κ1) is 21.7. The van der Waals surface area contributed by atoms with Crippen molar-refractivity contribution in [2.75, 3.05) is 0 Å². The Kier molecular flexibility index (Phi) is 6.31. The summed E-state index contributed by atoms with van der Waals surface area (Å²) >= 11 is 0. The standard InChI is InChI=1S/C28H28N2O2/c1-20-13-25(14-21-3-7-23(18-31)8-4-21)26(15-22-5-9-24(19-32)10-6-22)28(2,16-20)17-27-29-11-12-30-27/h3-13,18-19H,14-17H2,1-2H3,(H,29,30). The van der Waals surface area contributed by atoms with Gasteiger partial charge in [-0.25, -0.2) is 4.98 Å². The van der Waals surface area contributed by atoms with Gasteiger partial charge in [0.15, 0.2) is 0 Å². The number of H-pyrrole nitrogens is 1. The van der Waals surface area contributed by atoms with E-state index in [-0.39, 0.29) is 5.41 Å². The van der Waals surface area contributed by atoms with E-state index in [0.29, 0.717) is 11.1 Å². The quantitative estimate of drug-likeness (QED) is 0.471. The topological polar surface area (TPSA) is 62.8 Å². The third-order valence-electron chi connectivity index (χ3n) is 6.33. The molecule has 3 aromatic rings. The van der Waals surface area contributed by atoms with Gasteiger partial charge in [0, 0.05) is 35.4 Å². The number of aromatic amines is 1. The number of aldehydes is 2. The lowest BCUT2D eigenvalue weighted by Crippen LogP contribution is -2.29. The zero-order chi connectivity index (χ0) is 22.6. The van der Waals surface area contributed by atoms with Gasteiger partial charge >= 0.3 is 0 Å². The number of carbonyl (C=O) groups is 2. The first-order chi connectivity index (χ1) is 15.5. The molecule has 1 N–H and O–H groups in total. The monoisotopic (exact) mass is 424 g/mol. The fraction of sp³-hybridized carbons (Fsp3) is 0.250. The van der Waals surface area contributed by atoms with Gasteiger partial charge < -0.3 is 4.98 Å². The lowest BCUT2D eigenvalue weighted by molar-refractivity contribution is 0.111. The minimum atomic E-state index is -0.0713. The molecule has 2 aromatic carbocycles. The number of benzene rings is 2. The molecule has 0 aliphatic heterocycles. The van der Waals surface area contributed by atoms with E-state index in [0.717, 1.165) is 44.1 Å². The summed E-state index contributed by atoms with van der Waals surface area (Å²) < 4.78 is 0. The lowest BCUT2D eigenvalue weighted by atomic mass is 9.67. The van der Waals surface area contributed by atoms with Gasteiger partial charge in [-0.2, -0.15) is 0 Å². The van der Waals surface area contributed by atoms with E-state index in [4.69, 9.17) is 0 Å². The van der Waals surface area contributed by atoms with Gasteiger partial charge in [-0.3, -0.25) is 9.59 Å². The highest BCUT2D eigenvalue weighted by molar-refractivity contribution is 5.75. The highest BCUT2D eigenvalue weighted by Gasteiger charge is 2.35. The van der Waals surface area contributed by atoms with Gasteiger partial charge in [0.05, 0.1) is 0 Å². The zero-order valence-electron chi connectivity index (χ0n) is 18.6. The van der Waals surface area contributed by atoms with Gasteiger partial charge in [0.2, 0.25) is 0 Å². The molecule has 1 aromatic heterocycles. The Morgan fingerprint density at radius 2 is 1.53 bits per heavy atom. The van der Waals surface area contributed by atoms with E-state index in [2.05, 4.69) is 29.9 Å². The second-order valence-corrected chi connectivity index (χ2v) is 9.02. The molecule has 0 spiro atoms. The van der Waals surface area contributed by atoms with Crippen LogP contribution in [0.15, 0.2) is 83.7 Å². The van der Waals surface area contributed by atoms with Crippen LogP contribution in [0.25, 0.3) is 0 Å². The Morgan fingerprint density at radius 3 is 2.06 bits per heavy atom. The first-order valence-corrected chi connectivity index (χ1v) is 11.0. The van der Waals surface area contributed by atoms with Crippen molar-refractivity contribution in [1.82, 2.24) is 9.97 Å². The van der Waals surface area contributed by atoms with E-state index >= 15 is 0 Å². The van der Waals surface area contributed by atoms with Crippen LogP contribution in [0.5, 0.6) is 0 Å². The fourth-order valence-corrected chi connectivity index (χ4v) is 4.82. The second-order valence-electron chi connectivity index (χ2n) is 9.02. The molecule has 4 rings (SSSR count). The molecule has 1 unspecified atom stereocenters. The predicted octanol–water partition coefficient (Wildman–Crippen LogP) is 5.72. The summed E-state index contributed by atoms with van der Waals surface area (Å²) in [6.45, 7) is 4.53. The molecule has 1 atom stereocenters. The van der Waals surface area contributed by atoms with E-state index < -0.39 is 0 Å². The maximum absolute atomic E-state index is 11.1. The van der Waals surface area contributed by atoms with Crippen molar-refractivity contribution in [3.05, 3.63) is 112 Å². The smallest absolute Gasteiger partial charge is 0.150 e. The molecule has 0 saturated carbocycles. The molecule has 0 saturated heterocycles. The average Bonchev–Trinajstić information content (AvgIpc) is 3.29. The number of nitrogens with one attached hydrogen (secondary N) is 1. The number of carbonyl (C=O) groups excluding carboxylic acids is 2. The van der Waals surface area contributed by atoms with E-state index in [1.165, 1.54) is 27.8 Å². The molecule has 0 fully saturated rings. The van der Waals surface area contributed by atoms with E-state index in [9.17, 15) is 9.59 Å². The van der Waals surface area contributed by atoms with Crippen molar-refractivity contribution in [1.29, 1.82) is 0 Å². The Morgan fingerprint density at radius 1 is 0.938 bits per heavy atom. The van der Waals surface area contributed by atoms with Gasteiger partial charge in [-0.1, -0.05) is 72.7 Å². The van der Waals surface area contributed by atoms with Crippen LogP contribution >= 0.6 is 0 Å². The van der Waals surface area contributed by atoms with Crippen LogP contribution in [0.4, 0.5) is 0 Å². The van der Waals surface area contributed by atoms with Crippen molar-refractivity contribution < 1.29 is 9.59 Å². The summed E-state index contributed by atoms with van der Waals surface area (Å²) in [4.78, 5) is 29.9. The predicted molar refractivity (Wildman–Crippen MR) is 127 cm³/mol. The van der Waals surface area contributed by atoms with Crippen LogP contribution in [-0.2, 0) is 19.3 Å². The summed E-state index contributed by atoms with van der Waals surface area (Å²) in [5.41, 5.74) is 7.77. The molecule has 1 aliphatic carbocycles. The van der Waals surface area contributed by atoms with Gasteiger partial charge in [0.25, 0.3) is 0 Å². The van der Waals surface area contributed by atoms with Crippen LogP contribution < -0.4 is 0 Å². The molecule has 1 aliphatic rings.